The van der Waals surface area contributed by atoms with E-state index in [0.717, 1.165) is 19.1 Å². The Morgan fingerprint density at radius 3 is 2.48 bits per heavy atom. The number of rotatable bonds is 8. The van der Waals surface area contributed by atoms with E-state index in [1.54, 1.807) is 12.1 Å². The normalized spacial score (nSPS) is 15.4. The number of ether oxygens (including phenoxy) is 1. The lowest BCUT2D eigenvalue weighted by atomic mass is 10.2. The average Bonchev–Trinajstić information content (AvgIpc) is 3.29. The zero-order chi connectivity index (χ0) is 16.2. The van der Waals surface area contributed by atoms with Gasteiger partial charge in [0.15, 0.2) is 9.84 Å². The molecule has 0 bridgehead atoms. The van der Waals surface area contributed by atoms with Gasteiger partial charge in [-0.3, -0.25) is 4.79 Å². The minimum absolute atomic E-state index is 0. The molecule has 1 aromatic carbocycles. The van der Waals surface area contributed by atoms with Gasteiger partial charge in [-0.2, -0.15) is 0 Å². The molecule has 8 heteroatoms. The Balaban J connectivity index is 0.00000264. The van der Waals surface area contributed by atoms with Crippen LogP contribution in [0, 0.1) is 5.92 Å². The van der Waals surface area contributed by atoms with Gasteiger partial charge in [-0.1, -0.05) is 0 Å². The summed E-state index contributed by atoms with van der Waals surface area (Å²) in [6.07, 6.45) is 3.71. The predicted octanol–water partition coefficient (Wildman–Crippen LogP) is 1.13. The van der Waals surface area contributed by atoms with E-state index in [1.165, 1.54) is 12.1 Å². The van der Waals surface area contributed by atoms with Crippen LogP contribution in [0.5, 0.6) is 5.75 Å². The van der Waals surface area contributed by atoms with Crippen molar-refractivity contribution >= 4 is 28.2 Å². The van der Waals surface area contributed by atoms with Gasteiger partial charge in [0, 0.05) is 18.8 Å². The van der Waals surface area contributed by atoms with Gasteiger partial charge in [-0.25, -0.2) is 8.42 Å². The molecule has 0 saturated heterocycles. The second kappa shape index (κ2) is 8.52. The highest BCUT2D eigenvalue weighted by Gasteiger charge is 2.28. The summed E-state index contributed by atoms with van der Waals surface area (Å²) in [5, 5.41) is 2.80. The summed E-state index contributed by atoms with van der Waals surface area (Å²) in [6.45, 7) is 0.745. The van der Waals surface area contributed by atoms with Gasteiger partial charge in [0.05, 0.1) is 17.9 Å². The Bertz CT molecular complexity index is 615. The van der Waals surface area contributed by atoms with Crippen molar-refractivity contribution in [3.63, 3.8) is 0 Å². The van der Waals surface area contributed by atoms with E-state index in [2.05, 4.69) is 5.32 Å². The van der Waals surface area contributed by atoms with Crippen LogP contribution in [0.1, 0.15) is 19.3 Å². The van der Waals surface area contributed by atoms with Crippen LogP contribution in [0.2, 0.25) is 0 Å². The van der Waals surface area contributed by atoms with Gasteiger partial charge in [-0.15, -0.1) is 12.4 Å². The number of nitrogens with two attached hydrogens (primary N) is 1. The Morgan fingerprint density at radius 1 is 1.35 bits per heavy atom. The van der Waals surface area contributed by atoms with Crippen LogP contribution in [0.3, 0.4) is 0 Å². The second-order valence-electron chi connectivity index (χ2n) is 5.65. The van der Waals surface area contributed by atoms with Gasteiger partial charge >= 0.3 is 0 Å². The van der Waals surface area contributed by atoms with Gasteiger partial charge in [0.2, 0.25) is 5.91 Å². The first-order chi connectivity index (χ1) is 10.4. The van der Waals surface area contributed by atoms with Crippen LogP contribution in [0.4, 0.5) is 0 Å². The molecule has 1 aliphatic carbocycles. The lowest BCUT2D eigenvalue weighted by Crippen LogP contribution is -2.38. The van der Waals surface area contributed by atoms with E-state index in [1.807, 2.05) is 0 Å². The molecule has 0 aromatic heterocycles. The van der Waals surface area contributed by atoms with Crippen molar-refractivity contribution in [2.75, 3.05) is 19.4 Å². The molecule has 1 atom stereocenters. The van der Waals surface area contributed by atoms with Crippen LogP contribution in [-0.4, -0.2) is 39.8 Å². The summed E-state index contributed by atoms with van der Waals surface area (Å²) in [6, 6.07) is 6.18. The molecule has 1 aromatic rings. The van der Waals surface area contributed by atoms with Crippen molar-refractivity contribution in [1.29, 1.82) is 0 Å². The second-order valence-corrected chi connectivity index (χ2v) is 7.66. The molecule has 0 aliphatic heterocycles. The van der Waals surface area contributed by atoms with Crippen LogP contribution in [0.15, 0.2) is 29.2 Å². The quantitative estimate of drug-likeness (QED) is 0.722. The Morgan fingerprint density at radius 2 is 1.96 bits per heavy atom. The molecule has 3 N–H and O–H groups in total. The zero-order valence-corrected chi connectivity index (χ0v) is 14.7. The first-order valence-electron chi connectivity index (χ1n) is 7.31. The monoisotopic (exact) mass is 362 g/mol. The van der Waals surface area contributed by atoms with Crippen LogP contribution in [0.25, 0.3) is 0 Å². The predicted molar refractivity (Wildman–Crippen MR) is 90.6 cm³/mol. The molecule has 0 spiro atoms. The zero-order valence-electron chi connectivity index (χ0n) is 13.0. The van der Waals surface area contributed by atoms with E-state index >= 15 is 0 Å². The molecule has 2 rings (SSSR count). The molecule has 130 valence electrons. The molecular weight excluding hydrogens is 340 g/mol. The maximum atomic E-state index is 11.6. The fraction of sp³-hybridized carbons (Fsp3) is 0.533. The molecular formula is C15H23ClN2O4S. The maximum Gasteiger partial charge on any atom is 0.223 e. The fourth-order valence-corrected chi connectivity index (χ4v) is 2.69. The largest absolute Gasteiger partial charge is 0.493 e. The first kappa shape index (κ1) is 19.7. The highest BCUT2D eigenvalue weighted by atomic mass is 35.5. The number of carbonyl (C=O) groups is 1. The van der Waals surface area contributed by atoms with E-state index in [0.29, 0.717) is 18.2 Å². The number of benzene rings is 1. The third-order valence-corrected chi connectivity index (χ3v) is 4.74. The van der Waals surface area contributed by atoms with Crippen molar-refractivity contribution in [3.05, 3.63) is 24.3 Å². The Kier molecular flexibility index (Phi) is 7.31. The maximum absolute atomic E-state index is 11.6. The number of hydrogen-bond acceptors (Lipinski definition) is 5. The van der Waals surface area contributed by atoms with Gasteiger partial charge in [0.25, 0.3) is 0 Å². The van der Waals surface area contributed by atoms with Crippen LogP contribution in [-0.2, 0) is 14.6 Å². The summed E-state index contributed by atoms with van der Waals surface area (Å²) in [4.78, 5) is 11.9. The Hall–Kier alpha value is -1.31. The molecule has 1 aliphatic rings. The summed E-state index contributed by atoms with van der Waals surface area (Å²) in [5.41, 5.74) is 5.90. The highest BCUT2D eigenvalue weighted by Crippen LogP contribution is 2.31. The summed E-state index contributed by atoms with van der Waals surface area (Å²) < 4.78 is 28.1. The van der Waals surface area contributed by atoms with Crippen LogP contribution >= 0.6 is 12.4 Å². The summed E-state index contributed by atoms with van der Waals surface area (Å²) >= 11 is 0. The molecule has 1 unspecified atom stereocenters. The van der Waals surface area contributed by atoms with E-state index in [9.17, 15) is 13.2 Å². The topological polar surface area (TPSA) is 98.5 Å². The lowest BCUT2D eigenvalue weighted by molar-refractivity contribution is -0.121. The van der Waals surface area contributed by atoms with Crippen molar-refractivity contribution in [2.45, 2.75) is 30.2 Å². The fourth-order valence-electron chi connectivity index (χ4n) is 2.06. The molecule has 6 nitrogen and oxygen atoms in total. The number of halogens is 1. The minimum atomic E-state index is -3.20. The molecule has 0 radical (unpaired) electrons. The van der Waals surface area contributed by atoms with E-state index in [4.69, 9.17) is 10.5 Å². The smallest absolute Gasteiger partial charge is 0.223 e. The number of amides is 1. The molecule has 1 saturated carbocycles. The SMILES string of the molecule is CS(=O)(=O)c1ccc(OCCC(=O)NCC(N)C2CC2)cc1.Cl. The lowest BCUT2D eigenvalue weighted by Gasteiger charge is -2.12. The van der Waals surface area contributed by atoms with Crippen molar-refractivity contribution in [3.8, 4) is 5.75 Å². The average molecular weight is 363 g/mol. The summed E-state index contributed by atoms with van der Waals surface area (Å²) in [5.74, 6) is 1.00. The van der Waals surface area contributed by atoms with E-state index < -0.39 is 9.84 Å². The Labute approximate surface area is 143 Å². The number of hydrogen-bond donors (Lipinski definition) is 2. The third-order valence-electron chi connectivity index (χ3n) is 3.61. The van der Waals surface area contributed by atoms with Crippen molar-refractivity contribution in [2.24, 2.45) is 11.7 Å². The standard InChI is InChI=1S/C15H22N2O4S.ClH/c1-22(19,20)13-6-4-12(5-7-13)21-9-8-15(18)17-10-14(16)11-2-3-11;/h4-7,11,14H,2-3,8-10,16H2,1H3,(H,17,18);1H. The third kappa shape index (κ3) is 6.76. The van der Waals surface area contributed by atoms with E-state index in [-0.39, 0.29) is 42.3 Å². The number of sulfone groups is 1. The number of carbonyl (C=O) groups excluding carboxylic acids is 1. The van der Waals surface area contributed by atoms with Gasteiger partial charge in [0.1, 0.15) is 5.75 Å². The summed E-state index contributed by atoms with van der Waals surface area (Å²) in [7, 11) is -3.20. The molecule has 23 heavy (non-hydrogen) atoms. The first-order valence-corrected chi connectivity index (χ1v) is 9.20. The molecule has 1 fully saturated rings. The highest BCUT2D eigenvalue weighted by molar-refractivity contribution is 7.90. The number of nitrogens with one attached hydrogen (secondary N) is 1. The van der Waals surface area contributed by atoms with Gasteiger partial charge in [-0.05, 0) is 43.0 Å². The minimum Gasteiger partial charge on any atom is -0.493 e. The van der Waals surface area contributed by atoms with Gasteiger partial charge < -0.3 is 15.8 Å². The van der Waals surface area contributed by atoms with Crippen molar-refractivity contribution in [1.82, 2.24) is 5.32 Å². The van der Waals surface area contributed by atoms with Crippen LogP contribution < -0.4 is 15.8 Å². The molecule has 0 heterocycles. The van der Waals surface area contributed by atoms with Crippen molar-refractivity contribution < 1.29 is 17.9 Å². The molecule has 1 amide bonds.